The molecule has 1 fully saturated rings. The third kappa shape index (κ3) is 3.66. The maximum absolute atomic E-state index is 5.75. The van der Waals surface area contributed by atoms with Crippen LogP contribution in [0.5, 0.6) is 0 Å². The van der Waals surface area contributed by atoms with E-state index in [4.69, 9.17) is 4.74 Å². The highest BCUT2D eigenvalue weighted by Gasteiger charge is 2.22. The maximum atomic E-state index is 5.75. The largest absolute Gasteiger partial charge is 0.373 e. The molecule has 3 heterocycles. The molecule has 0 spiro atoms. The highest BCUT2D eigenvalue weighted by Crippen LogP contribution is 2.15. The van der Waals surface area contributed by atoms with Crippen molar-refractivity contribution in [3.05, 3.63) is 28.0 Å². The van der Waals surface area contributed by atoms with Gasteiger partial charge in [0.1, 0.15) is 0 Å². The highest BCUT2D eigenvalue weighted by atomic mass is 32.1. The van der Waals surface area contributed by atoms with E-state index in [0.29, 0.717) is 0 Å². The van der Waals surface area contributed by atoms with Crippen molar-refractivity contribution < 1.29 is 4.74 Å². The molecule has 0 unspecified atom stereocenters. The van der Waals surface area contributed by atoms with E-state index in [9.17, 15) is 0 Å². The van der Waals surface area contributed by atoms with Crippen LogP contribution in [0.15, 0.2) is 11.7 Å². The van der Waals surface area contributed by atoms with Gasteiger partial charge in [0.15, 0.2) is 0 Å². The van der Waals surface area contributed by atoms with Gasteiger partial charge in [-0.1, -0.05) is 5.21 Å². The van der Waals surface area contributed by atoms with E-state index >= 15 is 0 Å². The quantitative estimate of drug-likeness (QED) is 0.860. The Morgan fingerprint density at radius 1 is 1.29 bits per heavy atom. The van der Waals surface area contributed by atoms with Crippen LogP contribution in [0.25, 0.3) is 0 Å². The SMILES string of the molecule is Cc1ncsc1Cn1cc(CN2C[C@@H](C)O[C@@H](C)C2)nn1. The van der Waals surface area contributed by atoms with Crippen molar-refractivity contribution in [3.8, 4) is 0 Å². The maximum Gasteiger partial charge on any atom is 0.0967 e. The fourth-order valence-electron chi connectivity index (χ4n) is 2.76. The van der Waals surface area contributed by atoms with Gasteiger partial charge in [-0.05, 0) is 20.8 Å². The summed E-state index contributed by atoms with van der Waals surface area (Å²) in [5.74, 6) is 0. The molecule has 2 atom stereocenters. The minimum atomic E-state index is 0.281. The van der Waals surface area contributed by atoms with E-state index in [1.54, 1.807) is 11.3 Å². The van der Waals surface area contributed by atoms with Crippen LogP contribution in [0.3, 0.4) is 0 Å². The lowest BCUT2D eigenvalue weighted by Crippen LogP contribution is -2.44. The molecule has 1 aliphatic heterocycles. The number of morpholine rings is 1. The van der Waals surface area contributed by atoms with Crippen molar-refractivity contribution in [1.29, 1.82) is 0 Å². The lowest BCUT2D eigenvalue weighted by molar-refractivity contribution is -0.0707. The summed E-state index contributed by atoms with van der Waals surface area (Å²) < 4.78 is 7.65. The van der Waals surface area contributed by atoms with Gasteiger partial charge in [0.25, 0.3) is 0 Å². The summed E-state index contributed by atoms with van der Waals surface area (Å²) in [6, 6.07) is 0. The molecule has 0 aromatic carbocycles. The summed E-state index contributed by atoms with van der Waals surface area (Å²) in [6.45, 7) is 9.74. The summed E-state index contributed by atoms with van der Waals surface area (Å²) in [5.41, 5.74) is 3.96. The third-order valence-electron chi connectivity index (χ3n) is 3.62. The molecule has 0 aliphatic carbocycles. The van der Waals surface area contributed by atoms with Gasteiger partial charge in [0.05, 0.1) is 41.8 Å². The Kier molecular flexibility index (Phi) is 4.32. The van der Waals surface area contributed by atoms with Crippen LogP contribution in [0, 0.1) is 6.92 Å². The Morgan fingerprint density at radius 3 is 2.71 bits per heavy atom. The van der Waals surface area contributed by atoms with E-state index in [2.05, 4.69) is 34.0 Å². The first-order valence-corrected chi connectivity index (χ1v) is 8.14. The fourth-order valence-corrected chi connectivity index (χ4v) is 3.52. The number of hydrogen-bond acceptors (Lipinski definition) is 6. The molecule has 1 aliphatic rings. The molecule has 0 amide bonds. The Labute approximate surface area is 128 Å². The number of ether oxygens (including phenoxy) is 1. The molecule has 6 nitrogen and oxygen atoms in total. The zero-order valence-corrected chi connectivity index (χ0v) is 13.5. The van der Waals surface area contributed by atoms with Crippen LogP contribution in [0.2, 0.25) is 0 Å². The zero-order valence-electron chi connectivity index (χ0n) is 12.7. The van der Waals surface area contributed by atoms with Gasteiger partial charge in [0.2, 0.25) is 0 Å². The van der Waals surface area contributed by atoms with Crippen molar-refractivity contribution in [3.63, 3.8) is 0 Å². The van der Waals surface area contributed by atoms with E-state index in [-0.39, 0.29) is 12.2 Å². The molecule has 114 valence electrons. The molecule has 3 rings (SSSR count). The Balaban J connectivity index is 1.61. The van der Waals surface area contributed by atoms with Gasteiger partial charge in [-0.2, -0.15) is 0 Å². The first-order chi connectivity index (χ1) is 10.1. The van der Waals surface area contributed by atoms with Crippen LogP contribution in [0.4, 0.5) is 0 Å². The van der Waals surface area contributed by atoms with Gasteiger partial charge in [-0.3, -0.25) is 4.90 Å². The smallest absolute Gasteiger partial charge is 0.0967 e. The van der Waals surface area contributed by atoms with Crippen molar-refractivity contribution >= 4 is 11.3 Å². The monoisotopic (exact) mass is 307 g/mol. The van der Waals surface area contributed by atoms with Crippen molar-refractivity contribution in [1.82, 2.24) is 24.9 Å². The minimum absolute atomic E-state index is 0.281. The number of thiazole rings is 1. The highest BCUT2D eigenvalue weighted by molar-refractivity contribution is 7.09. The Bertz CT molecular complexity index is 586. The van der Waals surface area contributed by atoms with Crippen LogP contribution >= 0.6 is 11.3 Å². The fraction of sp³-hybridized carbons (Fsp3) is 0.643. The van der Waals surface area contributed by atoms with Crippen molar-refractivity contribution in [2.45, 2.75) is 46.1 Å². The third-order valence-corrected chi connectivity index (χ3v) is 4.54. The van der Waals surface area contributed by atoms with E-state index in [1.165, 1.54) is 4.88 Å². The molecule has 0 saturated carbocycles. The number of nitrogens with zero attached hydrogens (tertiary/aromatic N) is 5. The summed E-state index contributed by atoms with van der Waals surface area (Å²) in [6.07, 6.45) is 2.59. The summed E-state index contributed by atoms with van der Waals surface area (Å²) in [4.78, 5) is 7.88. The van der Waals surface area contributed by atoms with E-state index < -0.39 is 0 Å². The summed E-state index contributed by atoms with van der Waals surface area (Å²) in [7, 11) is 0. The second kappa shape index (κ2) is 6.21. The second-order valence-corrected chi connectivity index (χ2v) is 6.66. The average Bonchev–Trinajstić information content (AvgIpc) is 2.99. The van der Waals surface area contributed by atoms with Gasteiger partial charge >= 0.3 is 0 Å². The van der Waals surface area contributed by atoms with Gasteiger partial charge < -0.3 is 4.74 Å². The summed E-state index contributed by atoms with van der Waals surface area (Å²) >= 11 is 1.66. The molecule has 7 heteroatoms. The predicted octanol–water partition coefficient (Wildman–Crippen LogP) is 1.70. The number of aryl methyl sites for hydroxylation is 1. The molecule has 21 heavy (non-hydrogen) atoms. The van der Waals surface area contributed by atoms with Crippen LogP contribution in [-0.4, -0.2) is 50.2 Å². The Morgan fingerprint density at radius 2 is 2.05 bits per heavy atom. The molecule has 0 radical (unpaired) electrons. The molecule has 0 bridgehead atoms. The second-order valence-electron chi connectivity index (χ2n) is 5.72. The van der Waals surface area contributed by atoms with Crippen LogP contribution in [0.1, 0.15) is 30.1 Å². The zero-order chi connectivity index (χ0) is 14.8. The molecular formula is C14H21N5OS. The standard InChI is InChI=1S/C14H21N5OS/c1-10-4-18(5-11(2)20-10)6-13-7-19(17-16-13)8-14-12(3)15-9-21-14/h7,9-11H,4-6,8H2,1-3H3/t10-,11+. The van der Waals surface area contributed by atoms with E-state index in [0.717, 1.165) is 37.6 Å². The van der Waals surface area contributed by atoms with Crippen molar-refractivity contribution in [2.24, 2.45) is 0 Å². The average molecular weight is 307 g/mol. The van der Waals surface area contributed by atoms with Gasteiger partial charge in [0, 0.05) is 24.5 Å². The number of aromatic nitrogens is 4. The molecule has 0 N–H and O–H groups in total. The number of hydrogen-bond donors (Lipinski definition) is 0. The van der Waals surface area contributed by atoms with Gasteiger partial charge in [-0.25, -0.2) is 9.67 Å². The molecular weight excluding hydrogens is 286 g/mol. The lowest BCUT2D eigenvalue weighted by atomic mass is 10.2. The molecule has 2 aromatic heterocycles. The van der Waals surface area contributed by atoms with Gasteiger partial charge in [-0.15, -0.1) is 16.4 Å². The van der Waals surface area contributed by atoms with Crippen LogP contribution in [-0.2, 0) is 17.8 Å². The lowest BCUT2D eigenvalue weighted by Gasteiger charge is -2.34. The molecule has 1 saturated heterocycles. The van der Waals surface area contributed by atoms with Crippen molar-refractivity contribution in [2.75, 3.05) is 13.1 Å². The predicted molar refractivity (Wildman–Crippen MR) is 81.3 cm³/mol. The number of rotatable bonds is 4. The van der Waals surface area contributed by atoms with Crippen LogP contribution < -0.4 is 0 Å². The summed E-state index contributed by atoms with van der Waals surface area (Å²) in [5, 5.41) is 8.51. The minimum Gasteiger partial charge on any atom is -0.373 e. The van der Waals surface area contributed by atoms with E-state index in [1.807, 2.05) is 23.3 Å². The topological polar surface area (TPSA) is 56.1 Å². The Hall–Kier alpha value is -1.31. The first kappa shape index (κ1) is 14.6. The first-order valence-electron chi connectivity index (χ1n) is 7.26. The molecule has 2 aromatic rings. The normalized spacial score (nSPS) is 23.6.